The first-order chi connectivity index (χ1) is 19.2. The first-order valence-electron chi connectivity index (χ1n) is 12.7. The topological polar surface area (TPSA) is 148 Å². The lowest BCUT2D eigenvalue weighted by Crippen LogP contribution is -2.46. The third kappa shape index (κ3) is 7.90. The molecule has 2 amide bonds. The molecule has 4 rings (SSSR count). The summed E-state index contributed by atoms with van der Waals surface area (Å²) in [6, 6.07) is 23.1. The van der Waals surface area contributed by atoms with E-state index in [-0.39, 0.29) is 38.5 Å². The molecule has 3 N–H and O–H groups in total. The Morgan fingerprint density at radius 1 is 0.825 bits per heavy atom. The van der Waals surface area contributed by atoms with Crippen molar-refractivity contribution in [1.29, 1.82) is 0 Å². The first kappa shape index (κ1) is 28.8. The fraction of sp³-hybridized carbons (Fsp3) is 0.276. The molecular weight excluding hydrogens is 536 g/mol. The average molecular weight is 567 g/mol. The molecule has 0 spiro atoms. The number of ether oxygens (including phenoxy) is 2. The number of hydrogen-bond acceptors (Lipinski definition) is 7. The van der Waals surface area contributed by atoms with Crippen molar-refractivity contribution in [3.05, 3.63) is 95.6 Å². The van der Waals surface area contributed by atoms with E-state index >= 15 is 0 Å². The van der Waals surface area contributed by atoms with Crippen LogP contribution in [0.25, 0.3) is 11.1 Å². The molecule has 0 fully saturated rings. The van der Waals surface area contributed by atoms with Gasteiger partial charge in [0.05, 0.1) is 0 Å². The van der Waals surface area contributed by atoms with Crippen molar-refractivity contribution in [1.82, 2.24) is 10.6 Å². The number of amides is 2. The molecule has 40 heavy (non-hydrogen) atoms. The molecule has 3 aromatic carbocycles. The normalized spacial score (nSPS) is 13.0. The summed E-state index contributed by atoms with van der Waals surface area (Å²) in [4.78, 5) is 37.2. The molecule has 11 heteroatoms. The largest absolute Gasteiger partial charge is 0.449 e. The van der Waals surface area contributed by atoms with E-state index in [4.69, 9.17) is 9.47 Å². The summed E-state index contributed by atoms with van der Waals surface area (Å²) in [6.07, 6.45) is -1.65. The number of Topliss-reactive ketones (excluding diaryl/α,β-unsaturated/α-hetero) is 1. The Labute approximate surface area is 232 Å². The highest BCUT2D eigenvalue weighted by molar-refractivity contribution is 7.85. The quantitative estimate of drug-likeness (QED) is 0.220. The number of fused-ring (bicyclic) bond motifs is 3. The standard InChI is InChI=1S/C29H30N2O8S/c32-27(15-8-16-30-28(33)38-17-20-9-2-1-3-10-20)26(19-40(35,36)37)31-29(34)39-18-25-23-13-6-4-11-21(23)22-12-5-7-14-24(22)25/h1-7,9-14,25-26H,8,15-19H2,(H,30,33)(H,31,34)(H,35,36,37)/t26-/m0/s1. The molecule has 10 nitrogen and oxygen atoms in total. The second-order valence-electron chi connectivity index (χ2n) is 9.33. The SMILES string of the molecule is O=C(NCCCC(=O)[C@H](CS(=O)(=O)O)NC(=O)OCC1c2ccccc2-c2ccccc21)OCc1ccccc1. The highest BCUT2D eigenvalue weighted by atomic mass is 32.2. The fourth-order valence-electron chi connectivity index (χ4n) is 4.61. The van der Waals surface area contributed by atoms with Crippen molar-refractivity contribution in [2.75, 3.05) is 18.9 Å². The van der Waals surface area contributed by atoms with Gasteiger partial charge in [0.25, 0.3) is 10.1 Å². The van der Waals surface area contributed by atoms with Crippen LogP contribution in [-0.2, 0) is 31.0 Å². The Morgan fingerprint density at radius 2 is 1.43 bits per heavy atom. The van der Waals surface area contributed by atoms with Crippen LogP contribution in [0.1, 0.15) is 35.4 Å². The Kier molecular flexibility index (Phi) is 9.52. The van der Waals surface area contributed by atoms with Crippen LogP contribution in [0, 0.1) is 0 Å². The minimum atomic E-state index is -4.58. The van der Waals surface area contributed by atoms with Gasteiger partial charge in [-0.15, -0.1) is 0 Å². The van der Waals surface area contributed by atoms with Gasteiger partial charge in [-0.2, -0.15) is 8.42 Å². The maximum Gasteiger partial charge on any atom is 0.407 e. The van der Waals surface area contributed by atoms with Gasteiger partial charge in [-0.05, 0) is 34.2 Å². The van der Waals surface area contributed by atoms with Crippen molar-refractivity contribution >= 4 is 28.1 Å². The fourth-order valence-corrected chi connectivity index (χ4v) is 5.30. The molecule has 1 aliphatic carbocycles. The molecule has 0 bridgehead atoms. The summed E-state index contributed by atoms with van der Waals surface area (Å²) < 4.78 is 42.8. The van der Waals surface area contributed by atoms with Crippen LogP contribution in [0.4, 0.5) is 9.59 Å². The van der Waals surface area contributed by atoms with Crippen LogP contribution in [-0.4, -0.2) is 55.9 Å². The Hall–Kier alpha value is -4.22. The molecule has 1 atom stereocenters. The van der Waals surface area contributed by atoms with E-state index in [1.807, 2.05) is 78.9 Å². The Morgan fingerprint density at radius 3 is 2.05 bits per heavy atom. The van der Waals surface area contributed by atoms with Crippen molar-refractivity contribution in [3.8, 4) is 11.1 Å². The van der Waals surface area contributed by atoms with E-state index in [0.29, 0.717) is 0 Å². The third-order valence-electron chi connectivity index (χ3n) is 6.48. The highest BCUT2D eigenvalue weighted by Gasteiger charge is 2.30. The van der Waals surface area contributed by atoms with Crippen LogP contribution in [0.2, 0.25) is 0 Å². The Balaban J connectivity index is 1.27. The van der Waals surface area contributed by atoms with E-state index in [0.717, 1.165) is 27.8 Å². The second-order valence-corrected chi connectivity index (χ2v) is 10.8. The third-order valence-corrected chi connectivity index (χ3v) is 7.24. The number of rotatable bonds is 12. The second kappa shape index (κ2) is 13.2. The summed E-state index contributed by atoms with van der Waals surface area (Å²) in [5, 5.41) is 4.78. The summed E-state index contributed by atoms with van der Waals surface area (Å²) >= 11 is 0. The van der Waals surface area contributed by atoms with Crippen LogP contribution in [0.15, 0.2) is 78.9 Å². The minimum Gasteiger partial charge on any atom is -0.449 e. The van der Waals surface area contributed by atoms with Gasteiger partial charge in [0.1, 0.15) is 25.0 Å². The molecule has 0 radical (unpaired) electrons. The van der Waals surface area contributed by atoms with E-state index in [2.05, 4.69) is 10.6 Å². The zero-order chi connectivity index (χ0) is 28.5. The van der Waals surface area contributed by atoms with Gasteiger partial charge >= 0.3 is 12.2 Å². The van der Waals surface area contributed by atoms with Crippen LogP contribution in [0.5, 0.6) is 0 Å². The number of benzene rings is 3. The van der Waals surface area contributed by atoms with Gasteiger partial charge in [0.15, 0.2) is 5.78 Å². The lowest BCUT2D eigenvalue weighted by atomic mass is 9.98. The number of carbonyl (C=O) groups is 3. The molecule has 0 aromatic heterocycles. The maximum atomic E-state index is 12.7. The molecule has 0 unspecified atom stereocenters. The maximum absolute atomic E-state index is 12.7. The number of ketones is 1. The molecule has 210 valence electrons. The van der Waals surface area contributed by atoms with Crippen molar-refractivity contribution < 1.29 is 36.8 Å². The molecule has 0 heterocycles. The zero-order valence-electron chi connectivity index (χ0n) is 21.6. The molecule has 0 saturated heterocycles. The molecule has 3 aromatic rings. The predicted octanol–water partition coefficient (Wildman–Crippen LogP) is 4.06. The zero-order valence-corrected chi connectivity index (χ0v) is 22.4. The summed E-state index contributed by atoms with van der Waals surface area (Å²) in [6.45, 7) is 0.149. The first-order valence-corrected chi connectivity index (χ1v) is 14.4. The molecule has 0 saturated carbocycles. The van der Waals surface area contributed by atoms with Crippen LogP contribution < -0.4 is 10.6 Å². The lowest BCUT2D eigenvalue weighted by Gasteiger charge is -2.18. The van der Waals surface area contributed by atoms with Gasteiger partial charge in [0.2, 0.25) is 0 Å². The summed E-state index contributed by atoms with van der Waals surface area (Å²) in [5.41, 5.74) is 4.90. The van der Waals surface area contributed by atoms with E-state index < -0.39 is 39.9 Å². The van der Waals surface area contributed by atoms with E-state index in [1.165, 1.54) is 0 Å². The Bertz CT molecular complexity index is 1410. The monoisotopic (exact) mass is 566 g/mol. The minimum absolute atomic E-state index is 0.0261. The number of hydrogen-bond donors (Lipinski definition) is 3. The van der Waals surface area contributed by atoms with Gasteiger partial charge < -0.3 is 20.1 Å². The smallest absolute Gasteiger partial charge is 0.407 e. The molecule has 1 aliphatic rings. The van der Waals surface area contributed by atoms with Gasteiger partial charge in [0, 0.05) is 18.9 Å². The predicted molar refractivity (Wildman–Crippen MR) is 147 cm³/mol. The van der Waals surface area contributed by atoms with Gasteiger partial charge in [-0.25, -0.2) is 9.59 Å². The number of nitrogens with one attached hydrogen (secondary N) is 2. The van der Waals surface area contributed by atoms with Crippen molar-refractivity contribution in [2.45, 2.75) is 31.4 Å². The molecular formula is C29H30N2O8S. The number of alkyl carbamates (subject to hydrolysis) is 2. The molecule has 0 aliphatic heterocycles. The highest BCUT2D eigenvalue weighted by Crippen LogP contribution is 2.44. The van der Waals surface area contributed by atoms with E-state index in [9.17, 15) is 27.4 Å². The van der Waals surface area contributed by atoms with Crippen molar-refractivity contribution in [2.24, 2.45) is 0 Å². The number of carbonyl (C=O) groups excluding carboxylic acids is 3. The van der Waals surface area contributed by atoms with Gasteiger partial charge in [-0.1, -0.05) is 78.9 Å². The summed E-state index contributed by atoms with van der Waals surface area (Å²) in [7, 11) is -4.58. The van der Waals surface area contributed by atoms with Gasteiger partial charge in [-0.3, -0.25) is 9.35 Å². The van der Waals surface area contributed by atoms with Crippen molar-refractivity contribution in [3.63, 3.8) is 0 Å². The van der Waals surface area contributed by atoms with Crippen LogP contribution in [0.3, 0.4) is 0 Å². The lowest BCUT2D eigenvalue weighted by molar-refractivity contribution is -0.120. The summed E-state index contributed by atoms with van der Waals surface area (Å²) in [5.74, 6) is -1.85. The average Bonchev–Trinajstić information content (AvgIpc) is 3.26. The van der Waals surface area contributed by atoms with Crippen LogP contribution >= 0.6 is 0 Å². The van der Waals surface area contributed by atoms with E-state index in [1.54, 1.807) is 0 Å².